The maximum atomic E-state index is 11.3. The van der Waals surface area contributed by atoms with Crippen molar-refractivity contribution in [3.8, 4) is 5.75 Å². The number of hydrogen-bond donors (Lipinski definition) is 1. The van der Waals surface area contributed by atoms with E-state index in [2.05, 4.69) is 17.5 Å². The first-order valence-electron chi connectivity index (χ1n) is 6.70. The van der Waals surface area contributed by atoms with Gasteiger partial charge in [-0.05, 0) is 50.1 Å². The number of nitrogens with one attached hydrogen (secondary N) is 1. The van der Waals surface area contributed by atoms with Crippen molar-refractivity contribution in [3.63, 3.8) is 0 Å². The second kappa shape index (κ2) is 8.29. The molecule has 1 rings (SSSR count). The fourth-order valence-electron chi connectivity index (χ4n) is 1.48. The minimum atomic E-state index is -0.0436. The van der Waals surface area contributed by atoms with Crippen LogP contribution in [-0.4, -0.2) is 18.2 Å². The summed E-state index contributed by atoms with van der Waals surface area (Å²) in [6, 6.07) is 7.58. The molecule has 1 amide bonds. The van der Waals surface area contributed by atoms with Crippen LogP contribution in [0.15, 0.2) is 29.4 Å². The van der Waals surface area contributed by atoms with E-state index in [0.717, 1.165) is 24.2 Å². The van der Waals surface area contributed by atoms with Gasteiger partial charge in [0.05, 0.1) is 12.3 Å². The van der Waals surface area contributed by atoms with Crippen LogP contribution < -0.4 is 10.2 Å². The molecule has 104 valence electrons. The van der Waals surface area contributed by atoms with Gasteiger partial charge in [0.15, 0.2) is 0 Å². The lowest BCUT2D eigenvalue weighted by Crippen LogP contribution is -2.16. The molecule has 19 heavy (non-hydrogen) atoms. The van der Waals surface area contributed by atoms with Crippen LogP contribution in [0.3, 0.4) is 0 Å². The Kier molecular flexibility index (Phi) is 6.64. The van der Waals surface area contributed by atoms with Crippen molar-refractivity contribution in [3.05, 3.63) is 29.8 Å². The maximum absolute atomic E-state index is 11.3. The average molecular weight is 262 g/mol. The van der Waals surface area contributed by atoms with Gasteiger partial charge in [0.1, 0.15) is 5.75 Å². The van der Waals surface area contributed by atoms with E-state index >= 15 is 0 Å². The standard InChI is InChI=1S/C15H22N2O2/c1-4-5-6-15(18)17-16-11-13-7-9-14(10-8-13)19-12(2)3/h7-12H,4-6H2,1-3H3,(H,17,18)/b16-11+. The summed E-state index contributed by atoms with van der Waals surface area (Å²) in [6.07, 6.45) is 4.21. The van der Waals surface area contributed by atoms with E-state index in [1.165, 1.54) is 0 Å². The van der Waals surface area contributed by atoms with E-state index in [9.17, 15) is 4.79 Å². The highest BCUT2D eigenvalue weighted by atomic mass is 16.5. The number of amides is 1. The van der Waals surface area contributed by atoms with Gasteiger partial charge < -0.3 is 4.74 Å². The lowest BCUT2D eigenvalue weighted by molar-refractivity contribution is -0.121. The van der Waals surface area contributed by atoms with Gasteiger partial charge in [-0.25, -0.2) is 5.43 Å². The summed E-state index contributed by atoms with van der Waals surface area (Å²) in [5, 5.41) is 3.92. The minimum absolute atomic E-state index is 0.0436. The largest absolute Gasteiger partial charge is 0.491 e. The first-order valence-corrected chi connectivity index (χ1v) is 6.70. The Morgan fingerprint density at radius 1 is 1.37 bits per heavy atom. The molecular weight excluding hydrogens is 240 g/mol. The van der Waals surface area contributed by atoms with Gasteiger partial charge in [0, 0.05) is 6.42 Å². The Labute approximate surface area is 114 Å². The fourth-order valence-corrected chi connectivity index (χ4v) is 1.48. The minimum Gasteiger partial charge on any atom is -0.491 e. The topological polar surface area (TPSA) is 50.7 Å². The zero-order chi connectivity index (χ0) is 14.1. The summed E-state index contributed by atoms with van der Waals surface area (Å²) in [5.41, 5.74) is 3.44. The summed E-state index contributed by atoms with van der Waals surface area (Å²) in [5.74, 6) is 0.789. The molecule has 4 heteroatoms. The highest BCUT2D eigenvalue weighted by Gasteiger charge is 1.98. The number of hydrazone groups is 1. The van der Waals surface area contributed by atoms with E-state index in [1.807, 2.05) is 38.1 Å². The van der Waals surface area contributed by atoms with Gasteiger partial charge in [0.2, 0.25) is 5.91 Å². The maximum Gasteiger partial charge on any atom is 0.240 e. The number of benzene rings is 1. The van der Waals surface area contributed by atoms with E-state index < -0.39 is 0 Å². The summed E-state index contributed by atoms with van der Waals surface area (Å²) in [7, 11) is 0. The number of hydrogen-bond acceptors (Lipinski definition) is 3. The monoisotopic (exact) mass is 262 g/mol. The second-order valence-electron chi connectivity index (χ2n) is 4.63. The molecule has 1 N–H and O–H groups in total. The molecule has 0 saturated carbocycles. The molecule has 0 saturated heterocycles. The second-order valence-corrected chi connectivity index (χ2v) is 4.63. The van der Waals surface area contributed by atoms with Crippen molar-refractivity contribution in [1.29, 1.82) is 0 Å². The summed E-state index contributed by atoms with van der Waals surface area (Å²) in [4.78, 5) is 11.3. The number of rotatable bonds is 7. The van der Waals surface area contributed by atoms with Crippen LogP contribution in [0.4, 0.5) is 0 Å². The van der Waals surface area contributed by atoms with Crippen molar-refractivity contribution in [2.75, 3.05) is 0 Å². The smallest absolute Gasteiger partial charge is 0.240 e. The molecule has 0 radical (unpaired) electrons. The number of carbonyl (C=O) groups is 1. The van der Waals surface area contributed by atoms with Crippen molar-refractivity contribution >= 4 is 12.1 Å². The van der Waals surface area contributed by atoms with Crippen LogP contribution in [0, 0.1) is 0 Å². The van der Waals surface area contributed by atoms with Crippen LogP contribution in [0.25, 0.3) is 0 Å². The number of ether oxygens (including phenoxy) is 1. The zero-order valence-corrected chi connectivity index (χ0v) is 11.8. The molecule has 0 unspecified atom stereocenters. The Morgan fingerprint density at radius 3 is 2.63 bits per heavy atom. The first kappa shape index (κ1) is 15.2. The normalized spacial score (nSPS) is 10.9. The lowest BCUT2D eigenvalue weighted by Gasteiger charge is -2.09. The first-order chi connectivity index (χ1) is 9.11. The third kappa shape index (κ3) is 6.60. The van der Waals surface area contributed by atoms with Crippen LogP contribution >= 0.6 is 0 Å². The Bertz CT molecular complexity index is 411. The van der Waals surface area contributed by atoms with Crippen LogP contribution in [0.5, 0.6) is 5.75 Å². The molecule has 0 aliphatic rings. The molecule has 0 bridgehead atoms. The predicted molar refractivity (Wildman–Crippen MR) is 77.5 cm³/mol. The molecule has 0 heterocycles. The van der Waals surface area contributed by atoms with Crippen LogP contribution in [0.1, 0.15) is 45.6 Å². The molecule has 0 spiro atoms. The Hall–Kier alpha value is -1.84. The fraction of sp³-hybridized carbons (Fsp3) is 0.467. The highest BCUT2D eigenvalue weighted by Crippen LogP contribution is 2.12. The molecule has 4 nitrogen and oxygen atoms in total. The van der Waals surface area contributed by atoms with Gasteiger partial charge in [-0.3, -0.25) is 4.79 Å². The molecule has 1 aromatic rings. The molecular formula is C15H22N2O2. The van der Waals surface area contributed by atoms with Crippen molar-refractivity contribution in [2.24, 2.45) is 5.10 Å². The van der Waals surface area contributed by atoms with E-state index in [0.29, 0.717) is 6.42 Å². The van der Waals surface area contributed by atoms with E-state index in [-0.39, 0.29) is 12.0 Å². The number of unbranched alkanes of at least 4 members (excludes halogenated alkanes) is 1. The molecule has 0 fully saturated rings. The molecule has 0 aliphatic carbocycles. The summed E-state index contributed by atoms with van der Waals surface area (Å²) < 4.78 is 5.54. The number of nitrogens with zero attached hydrogens (tertiary/aromatic N) is 1. The van der Waals surface area contributed by atoms with Crippen LogP contribution in [0.2, 0.25) is 0 Å². The van der Waals surface area contributed by atoms with Crippen molar-refractivity contribution in [2.45, 2.75) is 46.1 Å². The zero-order valence-electron chi connectivity index (χ0n) is 11.8. The average Bonchev–Trinajstić information content (AvgIpc) is 2.38. The van der Waals surface area contributed by atoms with Crippen molar-refractivity contribution in [1.82, 2.24) is 5.43 Å². The predicted octanol–water partition coefficient (Wildman–Crippen LogP) is 3.11. The van der Waals surface area contributed by atoms with E-state index in [1.54, 1.807) is 6.21 Å². The van der Waals surface area contributed by atoms with E-state index in [4.69, 9.17) is 4.74 Å². The van der Waals surface area contributed by atoms with Gasteiger partial charge >= 0.3 is 0 Å². The summed E-state index contributed by atoms with van der Waals surface area (Å²) >= 11 is 0. The van der Waals surface area contributed by atoms with Crippen LogP contribution in [-0.2, 0) is 4.79 Å². The third-order valence-corrected chi connectivity index (χ3v) is 2.41. The third-order valence-electron chi connectivity index (χ3n) is 2.41. The summed E-state index contributed by atoms with van der Waals surface area (Å²) in [6.45, 7) is 6.03. The number of carbonyl (C=O) groups excluding carboxylic acids is 1. The van der Waals surface area contributed by atoms with Gasteiger partial charge in [-0.15, -0.1) is 0 Å². The van der Waals surface area contributed by atoms with Gasteiger partial charge in [-0.1, -0.05) is 13.3 Å². The Morgan fingerprint density at radius 2 is 2.05 bits per heavy atom. The Balaban J connectivity index is 2.42. The quantitative estimate of drug-likeness (QED) is 0.606. The van der Waals surface area contributed by atoms with Crippen molar-refractivity contribution < 1.29 is 9.53 Å². The van der Waals surface area contributed by atoms with Gasteiger partial charge in [0.25, 0.3) is 0 Å². The van der Waals surface area contributed by atoms with Gasteiger partial charge in [-0.2, -0.15) is 5.10 Å². The lowest BCUT2D eigenvalue weighted by atomic mass is 10.2. The highest BCUT2D eigenvalue weighted by molar-refractivity contribution is 5.82. The molecule has 0 aromatic heterocycles. The molecule has 0 atom stereocenters. The molecule has 0 aliphatic heterocycles. The molecule has 1 aromatic carbocycles. The SMILES string of the molecule is CCCCC(=O)N/N=C/c1ccc(OC(C)C)cc1.